The van der Waals surface area contributed by atoms with Gasteiger partial charge < -0.3 is 9.30 Å². The van der Waals surface area contributed by atoms with Gasteiger partial charge in [-0.1, -0.05) is 97.1 Å². The molecule has 0 aliphatic rings. The minimum absolute atomic E-state index is 0.00993. The van der Waals surface area contributed by atoms with Crippen molar-refractivity contribution in [2.24, 2.45) is 0 Å². The highest BCUT2D eigenvalue weighted by molar-refractivity contribution is 5.50. The van der Waals surface area contributed by atoms with Crippen LogP contribution in [0.1, 0.15) is 22.4 Å². The second-order valence-electron chi connectivity index (χ2n) is 8.12. The van der Waals surface area contributed by atoms with Crippen LogP contribution in [0.4, 0.5) is 5.69 Å². The maximum atomic E-state index is 11.1. The topological polar surface area (TPSA) is 70.2 Å². The summed E-state index contributed by atoms with van der Waals surface area (Å²) >= 11 is 0. The average molecular weight is 462 g/mol. The fourth-order valence-corrected chi connectivity index (χ4v) is 4.45. The molecule has 0 amide bonds. The molecule has 0 radical (unpaired) electrons. The van der Waals surface area contributed by atoms with Crippen molar-refractivity contribution < 1.29 is 9.66 Å². The van der Waals surface area contributed by atoms with Crippen LogP contribution in [0.15, 0.2) is 128 Å². The van der Waals surface area contributed by atoms with E-state index in [0.29, 0.717) is 11.4 Å². The van der Waals surface area contributed by atoms with Crippen molar-refractivity contribution in [3.63, 3.8) is 0 Å². The Bertz CT molecular complexity index is 1320. The summed E-state index contributed by atoms with van der Waals surface area (Å²) in [7, 11) is 0. The normalized spacial score (nSPS) is 11.2. The molecule has 35 heavy (non-hydrogen) atoms. The van der Waals surface area contributed by atoms with Gasteiger partial charge in [-0.2, -0.15) is 0 Å². The summed E-state index contributed by atoms with van der Waals surface area (Å²) in [6.45, 7) is 0.183. The van der Waals surface area contributed by atoms with E-state index in [1.807, 2.05) is 67.1 Å². The lowest BCUT2D eigenvalue weighted by atomic mass is 9.77. The van der Waals surface area contributed by atoms with Crippen LogP contribution in [-0.2, 0) is 12.1 Å². The highest BCUT2D eigenvalue weighted by Gasteiger charge is 2.38. The molecule has 6 heteroatoms. The van der Waals surface area contributed by atoms with Gasteiger partial charge in [-0.05, 0) is 22.8 Å². The Morgan fingerprint density at radius 1 is 0.771 bits per heavy atom. The van der Waals surface area contributed by atoms with E-state index in [2.05, 4.69) is 45.9 Å². The van der Waals surface area contributed by atoms with Crippen LogP contribution in [0.3, 0.4) is 0 Å². The van der Waals surface area contributed by atoms with Crippen LogP contribution in [-0.4, -0.2) is 14.5 Å². The third-order valence-electron chi connectivity index (χ3n) is 6.01. The van der Waals surface area contributed by atoms with Crippen LogP contribution >= 0.6 is 0 Å². The lowest BCUT2D eigenvalue weighted by molar-refractivity contribution is -0.384. The van der Waals surface area contributed by atoms with Gasteiger partial charge in [-0.25, -0.2) is 4.98 Å². The molecule has 0 aliphatic heterocycles. The van der Waals surface area contributed by atoms with Gasteiger partial charge in [-0.3, -0.25) is 10.1 Å². The first kappa shape index (κ1) is 22.1. The summed E-state index contributed by atoms with van der Waals surface area (Å²) in [5.74, 6) is 0.425. The molecule has 0 N–H and O–H groups in total. The number of nitro groups is 1. The zero-order chi connectivity index (χ0) is 24.1. The number of rotatable bonds is 8. The summed E-state index contributed by atoms with van der Waals surface area (Å²) in [5, 5.41) is 11.1. The van der Waals surface area contributed by atoms with Crippen molar-refractivity contribution in [2.75, 3.05) is 0 Å². The van der Waals surface area contributed by atoms with E-state index in [-0.39, 0.29) is 12.3 Å². The molecule has 0 atom stereocenters. The second-order valence-corrected chi connectivity index (χ2v) is 8.12. The lowest BCUT2D eigenvalue weighted by Gasteiger charge is -2.37. The summed E-state index contributed by atoms with van der Waals surface area (Å²) in [4.78, 5) is 15.3. The number of non-ortho nitro benzene ring substituents is 1. The van der Waals surface area contributed by atoms with Crippen LogP contribution in [0, 0.1) is 10.1 Å². The number of aromatic nitrogens is 2. The first-order chi connectivity index (χ1) is 17.2. The Morgan fingerprint density at radius 2 is 1.31 bits per heavy atom. The number of nitro benzene ring substituents is 1. The number of hydrogen-bond donors (Lipinski definition) is 0. The Morgan fingerprint density at radius 3 is 1.83 bits per heavy atom. The third kappa shape index (κ3) is 4.29. The van der Waals surface area contributed by atoms with Gasteiger partial charge >= 0.3 is 0 Å². The van der Waals surface area contributed by atoms with Gasteiger partial charge in [-0.15, -0.1) is 0 Å². The van der Waals surface area contributed by atoms with E-state index in [1.165, 1.54) is 12.1 Å². The zero-order valence-corrected chi connectivity index (χ0v) is 18.9. The molecule has 0 saturated carbocycles. The first-order valence-corrected chi connectivity index (χ1v) is 11.2. The van der Waals surface area contributed by atoms with E-state index in [9.17, 15) is 10.1 Å². The summed E-state index contributed by atoms with van der Waals surface area (Å²) in [6.07, 6.45) is 3.80. The monoisotopic (exact) mass is 461 g/mol. The molecule has 0 aliphatic carbocycles. The predicted molar refractivity (Wildman–Crippen MR) is 134 cm³/mol. The molecule has 4 aromatic carbocycles. The van der Waals surface area contributed by atoms with Gasteiger partial charge in [0.15, 0.2) is 0 Å². The van der Waals surface area contributed by atoms with E-state index in [4.69, 9.17) is 4.74 Å². The Kier molecular flexibility index (Phi) is 6.09. The molecule has 0 saturated heterocycles. The quantitative estimate of drug-likeness (QED) is 0.156. The first-order valence-electron chi connectivity index (χ1n) is 11.2. The molecule has 0 bridgehead atoms. The molecule has 0 unspecified atom stereocenters. The van der Waals surface area contributed by atoms with E-state index >= 15 is 0 Å². The summed E-state index contributed by atoms with van der Waals surface area (Å²) in [5.41, 5.74) is 3.34. The maximum absolute atomic E-state index is 11.1. The van der Waals surface area contributed by atoms with E-state index < -0.39 is 10.5 Å². The maximum Gasteiger partial charge on any atom is 0.273 e. The largest absolute Gasteiger partial charge is 0.487 e. The number of hydrogen-bond acceptors (Lipinski definition) is 4. The van der Waals surface area contributed by atoms with Crippen LogP contribution in [0.5, 0.6) is 5.75 Å². The van der Waals surface area contributed by atoms with Gasteiger partial charge in [0, 0.05) is 12.3 Å². The van der Waals surface area contributed by atoms with Gasteiger partial charge in [0.05, 0.1) is 23.0 Å². The van der Waals surface area contributed by atoms with Crippen molar-refractivity contribution >= 4 is 5.69 Å². The fraction of sp³-hybridized carbons (Fsp3) is 0.0690. The molecule has 6 nitrogen and oxygen atoms in total. The highest BCUT2D eigenvalue weighted by atomic mass is 16.6. The van der Waals surface area contributed by atoms with Crippen molar-refractivity contribution in [3.8, 4) is 5.75 Å². The zero-order valence-electron chi connectivity index (χ0n) is 18.9. The Hall–Kier alpha value is -4.71. The number of imidazole rings is 1. The third-order valence-corrected chi connectivity index (χ3v) is 6.01. The molecule has 1 heterocycles. The molecule has 0 spiro atoms. The van der Waals surface area contributed by atoms with Crippen molar-refractivity contribution in [1.29, 1.82) is 0 Å². The smallest absolute Gasteiger partial charge is 0.273 e. The fourth-order valence-electron chi connectivity index (χ4n) is 4.45. The molecule has 172 valence electrons. The molecule has 5 aromatic rings. The summed E-state index contributed by atoms with van der Waals surface area (Å²) < 4.78 is 7.96. The lowest BCUT2D eigenvalue weighted by Crippen LogP contribution is -2.36. The van der Waals surface area contributed by atoms with Crippen LogP contribution in [0.2, 0.25) is 0 Å². The molecule has 1 aromatic heterocycles. The van der Waals surface area contributed by atoms with Crippen LogP contribution in [0.25, 0.3) is 0 Å². The molecular formula is C29H23N3O3. The van der Waals surface area contributed by atoms with Crippen molar-refractivity contribution in [1.82, 2.24) is 9.55 Å². The molecule has 0 fully saturated rings. The van der Waals surface area contributed by atoms with Gasteiger partial charge in [0.2, 0.25) is 0 Å². The number of ether oxygens (including phenoxy) is 1. The SMILES string of the molecule is O=[N+]([O-])c1cccc(OCc2cn(C(c3ccccc3)(c3ccccc3)c3ccccc3)cn2)c1. The minimum atomic E-state index is -0.652. The number of benzene rings is 4. The average Bonchev–Trinajstić information content (AvgIpc) is 3.39. The van der Waals surface area contributed by atoms with E-state index in [1.54, 1.807) is 12.1 Å². The highest BCUT2D eigenvalue weighted by Crippen LogP contribution is 2.40. The van der Waals surface area contributed by atoms with Crippen molar-refractivity contribution in [2.45, 2.75) is 12.1 Å². The van der Waals surface area contributed by atoms with E-state index in [0.717, 1.165) is 16.7 Å². The minimum Gasteiger partial charge on any atom is -0.487 e. The van der Waals surface area contributed by atoms with Crippen LogP contribution < -0.4 is 4.74 Å². The van der Waals surface area contributed by atoms with Crippen molar-refractivity contribution in [3.05, 3.63) is 160 Å². The van der Waals surface area contributed by atoms with Gasteiger partial charge in [0.1, 0.15) is 17.9 Å². The predicted octanol–water partition coefficient (Wildman–Crippen LogP) is 6.21. The summed E-state index contributed by atoms with van der Waals surface area (Å²) in [6, 6.07) is 37.2. The molecule has 5 rings (SSSR count). The van der Waals surface area contributed by atoms with Gasteiger partial charge in [0.25, 0.3) is 5.69 Å². The number of nitrogens with zero attached hydrogens (tertiary/aromatic N) is 3. The Labute approximate surface area is 203 Å². The standard InChI is InChI=1S/C29H23N3O3/c33-32(34)27-17-10-18-28(19-27)35-21-26-20-31(22-30-26)29(23-11-4-1-5-12-23,24-13-6-2-7-14-24)25-15-8-3-9-16-25/h1-20,22H,21H2. The molecular weight excluding hydrogens is 438 g/mol. The second kappa shape index (κ2) is 9.65. The Balaban J connectivity index is 1.58.